The van der Waals surface area contributed by atoms with E-state index in [0.29, 0.717) is 5.28 Å². The van der Waals surface area contributed by atoms with Crippen LogP contribution in [0.25, 0.3) is 0 Å². The Bertz CT molecular complexity index is 533. The third-order valence-corrected chi connectivity index (χ3v) is 3.77. The van der Waals surface area contributed by atoms with Gasteiger partial charge >= 0.3 is 0 Å². The van der Waals surface area contributed by atoms with Gasteiger partial charge in [0.2, 0.25) is 5.28 Å². The number of pyridine rings is 1. The first-order valence-electron chi connectivity index (χ1n) is 6.48. The second kappa shape index (κ2) is 5.11. The van der Waals surface area contributed by atoms with Crippen molar-refractivity contribution in [3.05, 3.63) is 46.8 Å². The zero-order valence-corrected chi connectivity index (χ0v) is 11.0. The number of rotatable bonds is 2. The molecule has 2 aromatic heterocycles. The van der Waals surface area contributed by atoms with Gasteiger partial charge in [-0.15, -0.1) is 0 Å². The van der Waals surface area contributed by atoms with E-state index in [1.165, 1.54) is 30.7 Å². The van der Waals surface area contributed by atoms with Gasteiger partial charge in [0.25, 0.3) is 0 Å². The van der Waals surface area contributed by atoms with Crippen LogP contribution in [-0.2, 0) is 19.4 Å². The molecule has 0 spiro atoms. The smallest absolute Gasteiger partial charge is 0.203 e. The van der Waals surface area contributed by atoms with E-state index in [0.717, 1.165) is 25.1 Å². The summed E-state index contributed by atoms with van der Waals surface area (Å²) in [4.78, 5) is 8.87. The average Bonchev–Trinajstić information content (AvgIpc) is 2.56. The van der Waals surface area contributed by atoms with E-state index < -0.39 is 0 Å². The molecule has 0 atom stereocenters. The summed E-state index contributed by atoms with van der Waals surface area (Å²) in [5.74, 6) is 0. The number of nitrogens with zero attached hydrogens (tertiary/aromatic N) is 3. The molecule has 0 N–H and O–H groups in total. The van der Waals surface area contributed by atoms with Gasteiger partial charge in [-0.3, -0.25) is 4.98 Å². The lowest BCUT2D eigenvalue weighted by atomic mass is 10.2. The van der Waals surface area contributed by atoms with E-state index >= 15 is 0 Å². The molecule has 1 aliphatic carbocycles. The zero-order valence-electron chi connectivity index (χ0n) is 10.3. The molecule has 0 radical (unpaired) electrons. The molecule has 2 heterocycles. The molecule has 0 amide bonds. The second-order valence-electron chi connectivity index (χ2n) is 4.74. The van der Waals surface area contributed by atoms with Crippen LogP contribution in [0.3, 0.4) is 0 Å². The lowest BCUT2D eigenvalue weighted by Crippen LogP contribution is -2.06. The third kappa shape index (κ3) is 2.27. The molecule has 0 aliphatic heterocycles. The minimum Gasteiger partial charge on any atom is -0.313 e. The highest BCUT2D eigenvalue weighted by Gasteiger charge is 2.18. The number of aryl methyl sites for hydroxylation is 1. The molecule has 3 rings (SSSR count). The van der Waals surface area contributed by atoms with Crippen molar-refractivity contribution in [3.63, 3.8) is 0 Å². The fourth-order valence-electron chi connectivity index (χ4n) is 2.56. The predicted octanol–water partition coefficient (Wildman–Crippen LogP) is 3.25. The normalized spacial score (nSPS) is 15.2. The maximum Gasteiger partial charge on any atom is 0.203 e. The van der Waals surface area contributed by atoms with Crippen LogP contribution in [0, 0.1) is 0 Å². The van der Waals surface area contributed by atoms with Crippen LogP contribution < -0.4 is 0 Å². The first kappa shape index (κ1) is 11.7. The van der Waals surface area contributed by atoms with E-state index in [1.807, 2.05) is 24.4 Å². The first-order valence-corrected chi connectivity index (χ1v) is 6.86. The van der Waals surface area contributed by atoms with Crippen molar-refractivity contribution in [3.8, 4) is 0 Å². The standard InChI is InChI=1S/C14H16ClN3/c15-14-17-12-7-2-1-3-8-13(12)18(14)10-11-6-4-5-9-16-11/h4-6,9H,1-3,7-8,10H2. The number of hydrogen-bond acceptors (Lipinski definition) is 2. The highest BCUT2D eigenvalue weighted by Crippen LogP contribution is 2.24. The number of imidazole rings is 1. The molecule has 1 aliphatic rings. The Hall–Kier alpha value is -1.35. The van der Waals surface area contributed by atoms with Crippen molar-refractivity contribution in [1.29, 1.82) is 0 Å². The summed E-state index contributed by atoms with van der Waals surface area (Å²) in [6.45, 7) is 0.724. The molecule has 3 nitrogen and oxygen atoms in total. The average molecular weight is 262 g/mol. The van der Waals surface area contributed by atoms with E-state index in [2.05, 4.69) is 14.5 Å². The number of aromatic nitrogens is 3. The number of hydrogen-bond donors (Lipinski definition) is 0. The Balaban J connectivity index is 1.94. The summed E-state index contributed by atoms with van der Waals surface area (Å²) < 4.78 is 2.12. The highest BCUT2D eigenvalue weighted by molar-refractivity contribution is 6.28. The Morgan fingerprint density at radius 3 is 2.89 bits per heavy atom. The maximum atomic E-state index is 6.26. The second-order valence-corrected chi connectivity index (χ2v) is 5.08. The number of fused-ring (bicyclic) bond motifs is 1. The molecule has 18 heavy (non-hydrogen) atoms. The topological polar surface area (TPSA) is 30.7 Å². The van der Waals surface area contributed by atoms with E-state index in [-0.39, 0.29) is 0 Å². The summed E-state index contributed by atoms with van der Waals surface area (Å²) in [5, 5.41) is 0.604. The van der Waals surface area contributed by atoms with Crippen molar-refractivity contribution in [1.82, 2.24) is 14.5 Å². The van der Waals surface area contributed by atoms with Gasteiger partial charge in [0.1, 0.15) is 0 Å². The summed E-state index contributed by atoms with van der Waals surface area (Å²) in [6, 6.07) is 5.96. The lowest BCUT2D eigenvalue weighted by molar-refractivity contribution is 0.670. The summed E-state index contributed by atoms with van der Waals surface area (Å²) in [7, 11) is 0. The highest BCUT2D eigenvalue weighted by atomic mass is 35.5. The molecule has 0 unspecified atom stereocenters. The van der Waals surface area contributed by atoms with Gasteiger partial charge in [-0.05, 0) is 49.4 Å². The fraction of sp³-hybridized carbons (Fsp3) is 0.429. The lowest BCUT2D eigenvalue weighted by Gasteiger charge is -2.08. The third-order valence-electron chi connectivity index (χ3n) is 3.48. The van der Waals surface area contributed by atoms with Crippen LogP contribution >= 0.6 is 11.6 Å². The Morgan fingerprint density at radius 2 is 2.06 bits per heavy atom. The molecule has 94 valence electrons. The first-order chi connectivity index (χ1) is 8.84. The molecule has 0 fully saturated rings. The molecule has 2 aromatic rings. The largest absolute Gasteiger partial charge is 0.313 e. The van der Waals surface area contributed by atoms with Crippen molar-refractivity contribution in [2.45, 2.75) is 38.6 Å². The van der Waals surface area contributed by atoms with Crippen molar-refractivity contribution >= 4 is 11.6 Å². The van der Waals surface area contributed by atoms with Gasteiger partial charge < -0.3 is 4.57 Å². The Morgan fingerprint density at radius 1 is 1.17 bits per heavy atom. The van der Waals surface area contributed by atoms with Crippen LogP contribution in [0.4, 0.5) is 0 Å². The predicted molar refractivity (Wildman–Crippen MR) is 71.8 cm³/mol. The SMILES string of the molecule is Clc1nc2c(n1Cc1ccccn1)CCCCC2. The number of halogens is 1. The Labute approximate surface area is 112 Å². The van der Waals surface area contributed by atoms with E-state index in [4.69, 9.17) is 11.6 Å². The summed E-state index contributed by atoms with van der Waals surface area (Å²) in [5.41, 5.74) is 3.53. The van der Waals surface area contributed by atoms with Crippen molar-refractivity contribution < 1.29 is 0 Å². The van der Waals surface area contributed by atoms with Gasteiger partial charge in [-0.25, -0.2) is 4.98 Å². The van der Waals surface area contributed by atoms with Crippen molar-refractivity contribution in [2.75, 3.05) is 0 Å². The minimum atomic E-state index is 0.604. The van der Waals surface area contributed by atoms with Gasteiger partial charge in [-0.2, -0.15) is 0 Å². The minimum absolute atomic E-state index is 0.604. The van der Waals surface area contributed by atoms with E-state index in [1.54, 1.807) is 0 Å². The van der Waals surface area contributed by atoms with Crippen molar-refractivity contribution in [2.24, 2.45) is 0 Å². The molecule has 0 aromatic carbocycles. The molecular weight excluding hydrogens is 246 g/mol. The maximum absolute atomic E-state index is 6.26. The van der Waals surface area contributed by atoms with Crippen LogP contribution in [0.1, 0.15) is 36.3 Å². The van der Waals surface area contributed by atoms with E-state index in [9.17, 15) is 0 Å². The zero-order chi connectivity index (χ0) is 12.4. The van der Waals surface area contributed by atoms with Crippen LogP contribution in [-0.4, -0.2) is 14.5 Å². The molecule has 0 saturated heterocycles. The van der Waals surface area contributed by atoms with Crippen LogP contribution in [0.15, 0.2) is 24.4 Å². The van der Waals surface area contributed by atoms with Gasteiger partial charge in [0, 0.05) is 11.9 Å². The van der Waals surface area contributed by atoms with Crippen LogP contribution in [0.2, 0.25) is 5.28 Å². The monoisotopic (exact) mass is 261 g/mol. The van der Waals surface area contributed by atoms with Gasteiger partial charge in [0.05, 0.1) is 17.9 Å². The fourth-order valence-corrected chi connectivity index (χ4v) is 2.82. The molecule has 0 bridgehead atoms. The quantitative estimate of drug-likeness (QED) is 0.777. The summed E-state index contributed by atoms with van der Waals surface area (Å²) >= 11 is 6.26. The molecular formula is C14H16ClN3. The molecule has 4 heteroatoms. The van der Waals surface area contributed by atoms with Gasteiger partial charge in [0.15, 0.2) is 0 Å². The molecule has 0 saturated carbocycles. The van der Waals surface area contributed by atoms with Crippen LogP contribution in [0.5, 0.6) is 0 Å². The Kier molecular flexibility index (Phi) is 3.33. The summed E-state index contributed by atoms with van der Waals surface area (Å²) in [6.07, 6.45) is 7.71. The van der Waals surface area contributed by atoms with Gasteiger partial charge in [-0.1, -0.05) is 12.5 Å².